The van der Waals surface area contributed by atoms with Gasteiger partial charge < -0.3 is 5.73 Å². The van der Waals surface area contributed by atoms with Gasteiger partial charge in [0.05, 0.1) is 11.6 Å². The molecule has 1 nitrogen and oxygen atoms in total. The minimum absolute atomic E-state index is 0.0517. The first-order valence-corrected chi connectivity index (χ1v) is 7.50. The molecule has 1 aliphatic carbocycles. The molecule has 0 amide bonds. The Balaban J connectivity index is 2.30. The third kappa shape index (κ3) is 3.64. The quantitative estimate of drug-likeness (QED) is 0.716. The molecule has 0 aliphatic heterocycles. The number of halogens is 4. The monoisotopic (exact) mass is 347 g/mol. The Morgan fingerprint density at radius 1 is 1.15 bits per heavy atom. The van der Waals surface area contributed by atoms with Crippen LogP contribution in [0.1, 0.15) is 49.3 Å². The molecule has 0 saturated carbocycles. The van der Waals surface area contributed by atoms with Gasteiger partial charge in [0.2, 0.25) is 0 Å². The van der Waals surface area contributed by atoms with Gasteiger partial charge in [0.1, 0.15) is 0 Å². The third-order valence-electron chi connectivity index (χ3n) is 3.63. The fourth-order valence-electron chi connectivity index (χ4n) is 2.49. The Morgan fingerprint density at radius 3 is 2.60 bits per heavy atom. The summed E-state index contributed by atoms with van der Waals surface area (Å²) in [7, 11) is 0. The molecular weight excluding hydrogens is 331 g/mol. The molecule has 20 heavy (non-hydrogen) atoms. The van der Waals surface area contributed by atoms with Crippen molar-refractivity contribution in [2.75, 3.05) is 0 Å². The fraction of sp³-hybridized carbons (Fsp3) is 0.467. The fourth-order valence-corrected chi connectivity index (χ4v) is 2.96. The lowest BCUT2D eigenvalue weighted by Crippen LogP contribution is -2.15. The lowest BCUT2D eigenvalue weighted by Gasteiger charge is -2.18. The molecule has 1 aromatic rings. The molecular formula is C15H17BrF3N. The van der Waals surface area contributed by atoms with Crippen molar-refractivity contribution in [3.8, 4) is 0 Å². The lowest BCUT2D eigenvalue weighted by molar-refractivity contribution is -0.138. The van der Waals surface area contributed by atoms with Crippen LogP contribution in [0.2, 0.25) is 0 Å². The van der Waals surface area contributed by atoms with Crippen LogP contribution < -0.4 is 5.73 Å². The molecule has 1 aliphatic rings. The van der Waals surface area contributed by atoms with Crippen LogP contribution in [0.15, 0.2) is 34.3 Å². The van der Waals surface area contributed by atoms with E-state index in [9.17, 15) is 13.2 Å². The summed E-state index contributed by atoms with van der Waals surface area (Å²) in [6.45, 7) is 0. The highest BCUT2D eigenvalue weighted by molar-refractivity contribution is 9.10. The molecule has 5 heteroatoms. The molecule has 0 spiro atoms. The van der Waals surface area contributed by atoms with Crippen LogP contribution in [-0.2, 0) is 6.18 Å². The molecule has 0 saturated heterocycles. The number of benzene rings is 1. The normalized spacial score (nSPS) is 18.4. The number of hydrogen-bond acceptors (Lipinski definition) is 1. The minimum Gasteiger partial charge on any atom is -0.321 e. The van der Waals surface area contributed by atoms with Crippen LogP contribution in [0, 0.1) is 0 Å². The molecule has 0 radical (unpaired) electrons. The molecule has 0 bridgehead atoms. The number of rotatable bonds is 2. The highest BCUT2D eigenvalue weighted by Crippen LogP contribution is 2.37. The maximum Gasteiger partial charge on any atom is 0.417 e. The summed E-state index contributed by atoms with van der Waals surface area (Å²) >= 11 is 2.95. The summed E-state index contributed by atoms with van der Waals surface area (Å²) in [4.78, 5) is 0. The van der Waals surface area contributed by atoms with E-state index in [2.05, 4.69) is 22.0 Å². The van der Waals surface area contributed by atoms with Crippen molar-refractivity contribution in [3.63, 3.8) is 0 Å². The molecule has 0 fully saturated rings. The zero-order valence-corrected chi connectivity index (χ0v) is 12.6. The van der Waals surface area contributed by atoms with E-state index >= 15 is 0 Å². The molecule has 0 aromatic heterocycles. The molecule has 0 heterocycles. The van der Waals surface area contributed by atoms with Crippen molar-refractivity contribution in [1.82, 2.24) is 0 Å². The van der Waals surface area contributed by atoms with Gasteiger partial charge in [0, 0.05) is 4.47 Å². The highest BCUT2D eigenvalue weighted by Gasteiger charge is 2.33. The van der Waals surface area contributed by atoms with Crippen molar-refractivity contribution < 1.29 is 13.2 Å². The predicted molar refractivity (Wildman–Crippen MR) is 77.2 cm³/mol. The Labute approximate surface area is 125 Å². The first-order chi connectivity index (χ1) is 9.39. The zero-order valence-electron chi connectivity index (χ0n) is 11.0. The second-order valence-electron chi connectivity index (χ2n) is 5.09. The van der Waals surface area contributed by atoms with Crippen molar-refractivity contribution >= 4 is 15.9 Å². The van der Waals surface area contributed by atoms with Crippen LogP contribution in [0.3, 0.4) is 0 Å². The van der Waals surface area contributed by atoms with Gasteiger partial charge in [-0.2, -0.15) is 13.2 Å². The van der Waals surface area contributed by atoms with Gasteiger partial charge in [-0.3, -0.25) is 0 Å². The Hall–Kier alpha value is -0.810. The molecule has 110 valence electrons. The summed E-state index contributed by atoms with van der Waals surface area (Å²) in [6, 6.07) is 3.80. The molecule has 2 rings (SSSR count). The SMILES string of the molecule is NC(C1=CCCCCC1)c1ccc(Br)c(C(F)(F)F)c1. The van der Waals surface area contributed by atoms with Crippen molar-refractivity contribution in [3.05, 3.63) is 45.4 Å². The molecule has 1 aromatic carbocycles. The van der Waals surface area contributed by atoms with E-state index in [1.807, 2.05) is 0 Å². The third-order valence-corrected chi connectivity index (χ3v) is 4.32. The van der Waals surface area contributed by atoms with E-state index in [1.54, 1.807) is 6.07 Å². The van der Waals surface area contributed by atoms with Gasteiger partial charge >= 0.3 is 6.18 Å². The van der Waals surface area contributed by atoms with E-state index in [4.69, 9.17) is 5.73 Å². The van der Waals surface area contributed by atoms with Crippen LogP contribution in [-0.4, -0.2) is 0 Å². The van der Waals surface area contributed by atoms with E-state index in [0.29, 0.717) is 5.56 Å². The van der Waals surface area contributed by atoms with Crippen LogP contribution in [0.5, 0.6) is 0 Å². The smallest absolute Gasteiger partial charge is 0.321 e. The summed E-state index contributed by atoms with van der Waals surface area (Å²) in [5.41, 5.74) is 7.06. The lowest BCUT2D eigenvalue weighted by atomic mass is 9.95. The first-order valence-electron chi connectivity index (χ1n) is 6.71. The summed E-state index contributed by atoms with van der Waals surface area (Å²) < 4.78 is 38.8. The summed E-state index contributed by atoms with van der Waals surface area (Å²) in [5.74, 6) is 0. The molecule has 1 atom stereocenters. The van der Waals surface area contributed by atoms with Gasteiger partial charge in [-0.15, -0.1) is 0 Å². The van der Waals surface area contributed by atoms with Crippen molar-refractivity contribution in [2.24, 2.45) is 5.73 Å². The van der Waals surface area contributed by atoms with Gasteiger partial charge in [-0.25, -0.2) is 0 Å². The minimum atomic E-state index is -4.37. The number of allylic oxidation sites excluding steroid dienone is 1. The average Bonchev–Trinajstić information content (AvgIpc) is 2.66. The first kappa shape index (κ1) is 15.6. The topological polar surface area (TPSA) is 26.0 Å². The van der Waals surface area contributed by atoms with Gasteiger partial charge in [0.25, 0.3) is 0 Å². The molecule has 2 N–H and O–H groups in total. The Kier molecular flexibility index (Phi) is 4.91. The largest absolute Gasteiger partial charge is 0.417 e. The van der Waals surface area contributed by atoms with E-state index in [0.717, 1.165) is 43.7 Å². The number of hydrogen-bond donors (Lipinski definition) is 1. The maximum absolute atomic E-state index is 12.9. The zero-order chi connectivity index (χ0) is 14.8. The van der Waals surface area contributed by atoms with Crippen molar-refractivity contribution in [2.45, 2.75) is 44.3 Å². The van der Waals surface area contributed by atoms with E-state index < -0.39 is 17.8 Å². The second kappa shape index (κ2) is 6.31. The van der Waals surface area contributed by atoms with Gasteiger partial charge in [-0.1, -0.05) is 40.1 Å². The maximum atomic E-state index is 12.9. The number of nitrogens with two attached hydrogens (primary N) is 1. The average molecular weight is 348 g/mol. The Bertz CT molecular complexity index is 508. The van der Waals surface area contributed by atoms with Gasteiger partial charge in [0.15, 0.2) is 0 Å². The van der Waals surface area contributed by atoms with E-state index in [1.165, 1.54) is 6.07 Å². The van der Waals surface area contributed by atoms with Gasteiger partial charge in [-0.05, 0) is 43.4 Å². The second-order valence-corrected chi connectivity index (χ2v) is 5.95. The number of alkyl halides is 3. The van der Waals surface area contributed by atoms with Crippen molar-refractivity contribution in [1.29, 1.82) is 0 Å². The van der Waals surface area contributed by atoms with Crippen LogP contribution >= 0.6 is 15.9 Å². The summed E-state index contributed by atoms with van der Waals surface area (Å²) in [5, 5.41) is 0. The van der Waals surface area contributed by atoms with Crippen LogP contribution in [0.4, 0.5) is 13.2 Å². The molecule has 1 unspecified atom stereocenters. The highest BCUT2D eigenvalue weighted by atomic mass is 79.9. The Morgan fingerprint density at radius 2 is 1.90 bits per heavy atom. The van der Waals surface area contributed by atoms with Crippen LogP contribution in [0.25, 0.3) is 0 Å². The predicted octanol–water partition coefficient (Wildman–Crippen LogP) is 5.36. The standard InChI is InChI=1S/C15H17BrF3N/c16-13-8-7-11(9-12(13)15(17,18)19)14(20)10-5-3-1-2-4-6-10/h5,7-9,14H,1-4,6,20H2. The van der Waals surface area contributed by atoms with E-state index in [-0.39, 0.29) is 4.47 Å². The summed E-state index contributed by atoms with van der Waals surface area (Å²) in [6.07, 6.45) is 2.90.